The lowest BCUT2D eigenvalue weighted by Gasteiger charge is -2.19. The number of nitrogens with zero attached hydrogens (tertiary/aromatic N) is 3. The van der Waals surface area contributed by atoms with E-state index in [2.05, 4.69) is 15.2 Å². The lowest BCUT2D eigenvalue weighted by molar-refractivity contribution is -0.384. The van der Waals surface area contributed by atoms with Gasteiger partial charge in [0.05, 0.1) is 12.0 Å². The Kier molecular flexibility index (Phi) is 7.34. The third kappa shape index (κ3) is 5.68. The van der Waals surface area contributed by atoms with Crippen molar-refractivity contribution in [3.63, 3.8) is 0 Å². The van der Waals surface area contributed by atoms with E-state index in [-0.39, 0.29) is 29.4 Å². The number of aliphatic imine (C=N–C) groups is 1. The van der Waals surface area contributed by atoms with Gasteiger partial charge in [0, 0.05) is 28.8 Å². The molecule has 0 unspecified atom stereocenters. The van der Waals surface area contributed by atoms with E-state index in [0.717, 1.165) is 11.1 Å². The second-order valence-electron chi connectivity index (χ2n) is 7.62. The second-order valence-corrected chi connectivity index (χ2v) is 7.62. The number of esters is 1. The van der Waals surface area contributed by atoms with Crippen LogP contribution in [-0.2, 0) is 14.3 Å². The number of methoxy groups -OCH3 is 1. The van der Waals surface area contributed by atoms with E-state index in [9.17, 15) is 24.5 Å². The van der Waals surface area contributed by atoms with Gasteiger partial charge in [0.1, 0.15) is 11.4 Å². The number of ether oxygens (including phenoxy) is 2. The first-order valence-electron chi connectivity index (χ1n) is 10.9. The van der Waals surface area contributed by atoms with Gasteiger partial charge in [-0.2, -0.15) is 5.01 Å². The van der Waals surface area contributed by atoms with Crippen LogP contribution in [0.25, 0.3) is 6.08 Å². The molecule has 37 heavy (non-hydrogen) atoms. The van der Waals surface area contributed by atoms with Gasteiger partial charge in [-0.25, -0.2) is 9.79 Å². The van der Waals surface area contributed by atoms with Crippen molar-refractivity contribution in [1.82, 2.24) is 10.4 Å². The number of nitro groups is 1. The molecular weight excluding hydrogens is 480 g/mol. The highest BCUT2D eigenvalue weighted by Gasteiger charge is 2.33. The van der Waals surface area contributed by atoms with Gasteiger partial charge < -0.3 is 9.47 Å². The van der Waals surface area contributed by atoms with Crippen LogP contribution in [0, 0.1) is 10.1 Å². The summed E-state index contributed by atoms with van der Waals surface area (Å²) in [4.78, 5) is 52.7. The number of benzene rings is 3. The lowest BCUT2D eigenvalue weighted by Crippen LogP contribution is -2.47. The van der Waals surface area contributed by atoms with Crippen molar-refractivity contribution < 1.29 is 28.8 Å². The molecule has 3 aromatic carbocycles. The number of carbonyl (C=O) groups excluding carboxylic acids is 3. The molecule has 4 rings (SSSR count). The standard InChI is InChI=1S/C26H20N4O7/c1-36-23(31)16-37-22-13-6-5-10-18(22)15-21-26(33)29(24(27-21)17-8-3-2-4-9-17)28-25(32)19-11-7-12-20(14-19)30(34)35/h2-15H,16H2,1H3,(H,28,32)/b21-15+. The predicted octanol–water partition coefficient (Wildman–Crippen LogP) is 3.12. The topological polar surface area (TPSA) is 140 Å². The molecule has 11 nitrogen and oxygen atoms in total. The number of para-hydroxylation sites is 1. The highest BCUT2D eigenvalue weighted by molar-refractivity contribution is 6.20. The molecule has 0 atom stereocenters. The number of amidine groups is 1. The van der Waals surface area contributed by atoms with E-state index in [1.165, 1.54) is 31.4 Å². The van der Waals surface area contributed by atoms with E-state index in [0.29, 0.717) is 16.9 Å². The average Bonchev–Trinajstić information content (AvgIpc) is 3.22. The van der Waals surface area contributed by atoms with Crippen LogP contribution >= 0.6 is 0 Å². The summed E-state index contributed by atoms with van der Waals surface area (Å²) in [5, 5.41) is 12.1. The number of nitrogens with one attached hydrogen (secondary N) is 1. The summed E-state index contributed by atoms with van der Waals surface area (Å²) >= 11 is 0. The lowest BCUT2D eigenvalue weighted by atomic mass is 10.1. The molecule has 0 aromatic heterocycles. The number of hydrogen-bond donors (Lipinski definition) is 1. The minimum Gasteiger partial charge on any atom is -0.481 e. The van der Waals surface area contributed by atoms with Gasteiger partial charge in [-0.15, -0.1) is 0 Å². The maximum atomic E-state index is 13.4. The van der Waals surface area contributed by atoms with Crippen molar-refractivity contribution in [3.05, 3.63) is 111 Å². The largest absolute Gasteiger partial charge is 0.481 e. The van der Waals surface area contributed by atoms with E-state index in [1.54, 1.807) is 54.6 Å². The van der Waals surface area contributed by atoms with Crippen LogP contribution in [0.5, 0.6) is 5.75 Å². The second kappa shape index (κ2) is 11.0. The molecule has 1 heterocycles. The third-order valence-electron chi connectivity index (χ3n) is 5.21. The van der Waals surface area contributed by atoms with Crippen molar-refractivity contribution in [2.75, 3.05) is 13.7 Å². The molecule has 1 aliphatic rings. The van der Waals surface area contributed by atoms with E-state index >= 15 is 0 Å². The Morgan fingerprint density at radius 1 is 1.05 bits per heavy atom. The van der Waals surface area contributed by atoms with E-state index in [4.69, 9.17) is 4.74 Å². The van der Waals surface area contributed by atoms with Gasteiger partial charge in [-0.05, 0) is 18.2 Å². The molecular formula is C26H20N4O7. The molecule has 0 fully saturated rings. The number of nitro benzene ring substituents is 1. The van der Waals surface area contributed by atoms with Gasteiger partial charge in [0.25, 0.3) is 17.5 Å². The molecule has 1 aliphatic heterocycles. The fraction of sp³-hybridized carbons (Fsp3) is 0.0769. The Balaban J connectivity index is 1.67. The van der Waals surface area contributed by atoms with Crippen LogP contribution in [0.4, 0.5) is 5.69 Å². The number of amides is 2. The normalized spacial score (nSPS) is 13.8. The maximum absolute atomic E-state index is 13.4. The number of hydrazine groups is 1. The molecule has 11 heteroatoms. The summed E-state index contributed by atoms with van der Waals surface area (Å²) in [5.41, 5.74) is 3.24. The zero-order chi connectivity index (χ0) is 26.4. The smallest absolute Gasteiger partial charge is 0.343 e. The molecule has 0 radical (unpaired) electrons. The summed E-state index contributed by atoms with van der Waals surface area (Å²) in [7, 11) is 1.24. The van der Waals surface area contributed by atoms with Crippen molar-refractivity contribution in [1.29, 1.82) is 0 Å². The fourth-order valence-corrected chi connectivity index (χ4v) is 3.40. The Morgan fingerprint density at radius 3 is 2.51 bits per heavy atom. The Labute approximate surface area is 210 Å². The Bertz CT molecular complexity index is 1430. The predicted molar refractivity (Wildman–Crippen MR) is 132 cm³/mol. The van der Waals surface area contributed by atoms with Gasteiger partial charge in [-0.3, -0.25) is 25.1 Å². The van der Waals surface area contributed by atoms with Gasteiger partial charge in [0.2, 0.25) is 0 Å². The molecule has 2 amide bonds. The average molecular weight is 500 g/mol. The van der Waals surface area contributed by atoms with Crippen LogP contribution < -0.4 is 10.2 Å². The SMILES string of the molecule is COC(=O)COc1ccccc1/C=C1/N=C(c2ccccc2)N(NC(=O)c2cccc([N+](=O)[O-])c2)C1=O. The zero-order valence-electron chi connectivity index (χ0n) is 19.5. The monoisotopic (exact) mass is 500 g/mol. The number of non-ortho nitro benzene ring substituents is 1. The first kappa shape index (κ1) is 24.8. The Hall–Kier alpha value is -5.32. The van der Waals surface area contributed by atoms with Crippen molar-refractivity contribution in [3.8, 4) is 5.75 Å². The molecule has 186 valence electrons. The summed E-state index contributed by atoms with van der Waals surface area (Å²) in [6.45, 7) is -0.325. The fourth-order valence-electron chi connectivity index (χ4n) is 3.40. The molecule has 1 N–H and O–H groups in total. The van der Waals surface area contributed by atoms with Gasteiger partial charge in [-0.1, -0.05) is 54.6 Å². The molecule has 0 bridgehead atoms. The van der Waals surface area contributed by atoms with E-state index in [1.807, 2.05) is 0 Å². The molecule has 0 aliphatic carbocycles. The maximum Gasteiger partial charge on any atom is 0.343 e. The van der Waals surface area contributed by atoms with Crippen LogP contribution in [0.2, 0.25) is 0 Å². The summed E-state index contributed by atoms with van der Waals surface area (Å²) in [6.07, 6.45) is 1.47. The van der Waals surface area contributed by atoms with Crippen LogP contribution in [0.3, 0.4) is 0 Å². The number of rotatable bonds is 8. The number of hydrogen-bond acceptors (Lipinski definition) is 8. The van der Waals surface area contributed by atoms with Crippen LogP contribution in [0.1, 0.15) is 21.5 Å². The van der Waals surface area contributed by atoms with Gasteiger partial charge in [0.15, 0.2) is 12.4 Å². The highest BCUT2D eigenvalue weighted by Crippen LogP contribution is 2.26. The number of carbonyl (C=O) groups is 3. The first-order chi connectivity index (χ1) is 17.9. The third-order valence-corrected chi connectivity index (χ3v) is 5.21. The molecule has 0 saturated carbocycles. The van der Waals surface area contributed by atoms with E-state index < -0.39 is 22.7 Å². The minimum absolute atomic E-state index is 0.00611. The van der Waals surface area contributed by atoms with Gasteiger partial charge >= 0.3 is 5.97 Å². The molecule has 0 spiro atoms. The van der Waals surface area contributed by atoms with Crippen molar-refractivity contribution in [2.24, 2.45) is 4.99 Å². The Morgan fingerprint density at radius 2 is 1.78 bits per heavy atom. The highest BCUT2D eigenvalue weighted by atomic mass is 16.6. The minimum atomic E-state index is -0.733. The zero-order valence-corrected chi connectivity index (χ0v) is 19.5. The first-order valence-corrected chi connectivity index (χ1v) is 10.9. The van der Waals surface area contributed by atoms with Crippen LogP contribution in [0.15, 0.2) is 89.6 Å². The van der Waals surface area contributed by atoms with Crippen molar-refractivity contribution >= 4 is 35.4 Å². The van der Waals surface area contributed by atoms with Crippen LogP contribution in [-0.4, -0.2) is 47.3 Å². The quantitative estimate of drug-likeness (QED) is 0.217. The summed E-state index contributed by atoms with van der Waals surface area (Å²) < 4.78 is 10.1. The van der Waals surface area contributed by atoms with Crippen molar-refractivity contribution in [2.45, 2.75) is 0 Å². The molecule has 3 aromatic rings. The summed E-state index contributed by atoms with van der Waals surface area (Å²) in [5.74, 6) is -1.46. The summed E-state index contributed by atoms with van der Waals surface area (Å²) in [6, 6.07) is 20.6. The molecule has 0 saturated heterocycles.